The molecule has 17 heavy (non-hydrogen) atoms. The Kier molecular flexibility index (Phi) is 4.84. The van der Waals surface area contributed by atoms with Gasteiger partial charge in [0.25, 0.3) is 0 Å². The van der Waals surface area contributed by atoms with Crippen molar-refractivity contribution in [2.75, 3.05) is 5.32 Å². The van der Waals surface area contributed by atoms with Crippen molar-refractivity contribution in [1.82, 2.24) is 0 Å². The van der Waals surface area contributed by atoms with Gasteiger partial charge in [-0.2, -0.15) is 0 Å². The van der Waals surface area contributed by atoms with Crippen molar-refractivity contribution in [2.24, 2.45) is 5.73 Å². The number of benzene rings is 1. The molecule has 0 unspecified atom stereocenters. The lowest BCUT2D eigenvalue weighted by atomic mass is 10.3. The number of alkyl halides is 3. The van der Waals surface area contributed by atoms with E-state index in [0.717, 1.165) is 0 Å². The summed E-state index contributed by atoms with van der Waals surface area (Å²) in [5.74, 6) is -0.324. The molecule has 3 nitrogen and oxygen atoms in total. The summed E-state index contributed by atoms with van der Waals surface area (Å²) < 4.78 is 40.7. The monoisotopic (exact) mass is 440 g/mol. The summed E-state index contributed by atoms with van der Waals surface area (Å²) in [4.78, 5) is 0. The second-order valence-corrected chi connectivity index (χ2v) is 5.26. The smallest absolute Gasteiger partial charge is 0.405 e. The van der Waals surface area contributed by atoms with Crippen LogP contribution in [0.3, 0.4) is 0 Å². The van der Waals surface area contributed by atoms with E-state index in [1.165, 1.54) is 12.1 Å². The third kappa shape index (κ3) is 4.84. The van der Waals surface area contributed by atoms with Gasteiger partial charge < -0.3 is 15.8 Å². The number of rotatable bonds is 2. The van der Waals surface area contributed by atoms with E-state index in [1.54, 1.807) is 0 Å². The van der Waals surface area contributed by atoms with E-state index in [2.05, 4.69) is 38.2 Å². The molecule has 0 atom stereocenters. The van der Waals surface area contributed by atoms with Crippen molar-refractivity contribution >= 4 is 61.5 Å². The standard InChI is InChI=1S/C8H5BrF3IN2OS/c9-3-1-5(15-7(14)17)4(13)2-6(3)16-8(10,11)12/h1-2H,(H3,14,15,17). The highest BCUT2D eigenvalue weighted by molar-refractivity contribution is 14.1. The van der Waals surface area contributed by atoms with E-state index in [1.807, 2.05) is 22.6 Å². The maximum absolute atomic E-state index is 12.1. The van der Waals surface area contributed by atoms with Crippen LogP contribution in [0.4, 0.5) is 18.9 Å². The first-order valence-electron chi connectivity index (χ1n) is 4.00. The van der Waals surface area contributed by atoms with Crippen LogP contribution in [0.2, 0.25) is 0 Å². The van der Waals surface area contributed by atoms with Crippen LogP contribution in [-0.4, -0.2) is 11.5 Å². The number of thiocarbonyl (C=S) groups is 1. The minimum absolute atomic E-state index is 0.0271. The molecule has 0 fully saturated rings. The maximum atomic E-state index is 12.1. The number of nitrogens with two attached hydrogens (primary N) is 1. The molecule has 0 aliphatic heterocycles. The van der Waals surface area contributed by atoms with E-state index >= 15 is 0 Å². The molecule has 0 bridgehead atoms. The predicted molar refractivity (Wildman–Crippen MR) is 74.0 cm³/mol. The van der Waals surface area contributed by atoms with E-state index in [0.29, 0.717) is 9.26 Å². The fourth-order valence-electron chi connectivity index (χ4n) is 0.960. The van der Waals surface area contributed by atoms with Crippen molar-refractivity contribution in [3.8, 4) is 5.75 Å². The third-order valence-corrected chi connectivity index (χ3v) is 3.12. The van der Waals surface area contributed by atoms with Crippen molar-refractivity contribution in [1.29, 1.82) is 0 Å². The zero-order valence-corrected chi connectivity index (χ0v) is 12.5. The van der Waals surface area contributed by atoms with E-state index < -0.39 is 6.36 Å². The molecule has 0 saturated carbocycles. The summed E-state index contributed by atoms with van der Waals surface area (Å²) >= 11 is 9.45. The Balaban J connectivity index is 3.05. The highest BCUT2D eigenvalue weighted by Gasteiger charge is 2.32. The lowest BCUT2D eigenvalue weighted by Gasteiger charge is -2.13. The first-order chi connectivity index (χ1) is 7.69. The molecule has 0 radical (unpaired) electrons. The molecule has 9 heteroatoms. The lowest BCUT2D eigenvalue weighted by molar-refractivity contribution is -0.274. The molecule has 0 saturated heterocycles. The van der Waals surface area contributed by atoms with Crippen molar-refractivity contribution < 1.29 is 17.9 Å². The molecule has 1 aromatic carbocycles. The predicted octanol–water partition coefficient (Wildman–Crippen LogP) is 3.61. The normalized spacial score (nSPS) is 11.1. The first-order valence-corrected chi connectivity index (χ1v) is 6.28. The zero-order chi connectivity index (χ0) is 13.2. The van der Waals surface area contributed by atoms with Crippen LogP contribution >= 0.6 is 50.7 Å². The highest BCUT2D eigenvalue weighted by Crippen LogP contribution is 2.35. The van der Waals surface area contributed by atoms with Crippen LogP contribution in [0.5, 0.6) is 5.75 Å². The molecule has 0 aliphatic carbocycles. The largest absolute Gasteiger partial charge is 0.573 e. The molecular formula is C8H5BrF3IN2OS. The fraction of sp³-hybridized carbons (Fsp3) is 0.125. The third-order valence-electron chi connectivity index (χ3n) is 1.51. The Hall–Kier alpha value is -0.290. The Bertz CT molecular complexity index is 455. The van der Waals surface area contributed by atoms with E-state index in [-0.39, 0.29) is 15.3 Å². The number of halogens is 5. The van der Waals surface area contributed by atoms with Gasteiger partial charge in [-0.05, 0) is 62.9 Å². The van der Waals surface area contributed by atoms with Crippen LogP contribution in [0, 0.1) is 3.57 Å². The van der Waals surface area contributed by atoms with Gasteiger partial charge in [-0.15, -0.1) is 13.2 Å². The molecule has 0 spiro atoms. The average Bonchev–Trinajstić information content (AvgIpc) is 2.10. The summed E-state index contributed by atoms with van der Waals surface area (Å²) in [6.07, 6.45) is -4.73. The van der Waals surface area contributed by atoms with Crippen molar-refractivity contribution in [2.45, 2.75) is 6.36 Å². The minimum Gasteiger partial charge on any atom is -0.405 e. The maximum Gasteiger partial charge on any atom is 0.573 e. The number of nitrogens with one attached hydrogen (secondary N) is 1. The topological polar surface area (TPSA) is 47.3 Å². The van der Waals surface area contributed by atoms with Crippen molar-refractivity contribution in [3.05, 3.63) is 20.2 Å². The van der Waals surface area contributed by atoms with E-state index in [9.17, 15) is 13.2 Å². The Morgan fingerprint density at radius 3 is 2.53 bits per heavy atom. The molecule has 0 heterocycles. The lowest BCUT2D eigenvalue weighted by Crippen LogP contribution is -2.20. The van der Waals surface area contributed by atoms with Gasteiger partial charge in [-0.1, -0.05) is 0 Å². The zero-order valence-electron chi connectivity index (χ0n) is 7.94. The number of hydrogen-bond acceptors (Lipinski definition) is 2. The van der Waals surface area contributed by atoms with Gasteiger partial charge in [0.15, 0.2) is 5.11 Å². The second kappa shape index (κ2) is 5.57. The Morgan fingerprint density at radius 2 is 2.06 bits per heavy atom. The fourth-order valence-corrected chi connectivity index (χ4v) is 2.07. The summed E-state index contributed by atoms with van der Waals surface area (Å²) in [5.41, 5.74) is 5.77. The van der Waals surface area contributed by atoms with Crippen LogP contribution in [-0.2, 0) is 0 Å². The molecule has 0 aromatic heterocycles. The number of ether oxygens (including phenoxy) is 1. The van der Waals surface area contributed by atoms with Gasteiger partial charge >= 0.3 is 6.36 Å². The quantitative estimate of drug-likeness (QED) is 0.544. The number of hydrogen-bond donors (Lipinski definition) is 2. The van der Waals surface area contributed by atoms with Gasteiger partial charge in [0.05, 0.1) is 10.2 Å². The SMILES string of the molecule is NC(=S)Nc1cc(Br)c(OC(F)(F)F)cc1I. The molecular weight excluding hydrogens is 436 g/mol. The summed E-state index contributed by atoms with van der Waals surface area (Å²) in [5, 5.41) is 2.67. The van der Waals surface area contributed by atoms with Gasteiger partial charge in [0.1, 0.15) is 5.75 Å². The summed E-state index contributed by atoms with van der Waals surface area (Å²) in [7, 11) is 0. The molecule has 94 valence electrons. The summed E-state index contributed by atoms with van der Waals surface area (Å²) in [6.45, 7) is 0. The van der Waals surface area contributed by atoms with Gasteiger partial charge in [-0.3, -0.25) is 0 Å². The molecule has 3 N–H and O–H groups in total. The minimum atomic E-state index is -4.73. The van der Waals surface area contributed by atoms with Crippen LogP contribution in [0.15, 0.2) is 16.6 Å². The van der Waals surface area contributed by atoms with Crippen molar-refractivity contribution in [3.63, 3.8) is 0 Å². The van der Waals surface area contributed by atoms with Gasteiger partial charge in [0, 0.05) is 3.57 Å². The van der Waals surface area contributed by atoms with Crippen LogP contribution in [0.1, 0.15) is 0 Å². The number of anilines is 1. The van der Waals surface area contributed by atoms with E-state index in [4.69, 9.17) is 5.73 Å². The Labute approximate surface area is 122 Å². The van der Waals surface area contributed by atoms with Crippen LogP contribution < -0.4 is 15.8 Å². The average molecular weight is 441 g/mol. The molecule has 0 aliphatic rings. The molecule has 0 amide bonds. The second-order valence-electron chi connectivity index (χ2n) is 2.80. The highest BCUT2D eigenvalue weighted by atomic mass is 127. The first kappa shape index (κ1) is 14.8. The molecule has 1 aromatic rings. The van der Waals surface area contributed by atoms with Crippen LogP contribution in [0.25, 0.3) is 0 Å². The van der Waals surface area contributed by atoms with Gasteiger partial charge in [0.2, 0.25) is 0 Å². The van der Waals surface area contributed by atoms with Gasteiger partial charge in [-0.25, -0.2) is 0 Å². The molecule has 1 rings (SSSR count). The Morgan fingerprint density at radius 1 is 1.47 bits per heavy atom. The summed E-state index contributed by atoms with van der Waals surface area (Å²) in [6, 6.07) is 2.63.